The lowest BCUT2D eigenvalue weighted by Crippen LogP contribution is -2.37. The minimum Gasteiger partial charge on any atom is -0.355 e. The second-order valence-electron chi connectivity index (χ2n) is 5.16. The van der Waals surface area contributed by atoms with Gasteiger partial charge in [-0.1, -0.05) is 0 Å². The summed E-state index contributed by atoms with van der Waals surface area (Å²) in [5.74, 6) is -0.0411. The van der Waals surface area contributed by atoms with Crippen molar-refractivity contribution in [1.29, 1.82) is 5.26 Å². The molecule has 1 atom stereocenters. The molecule has 0 saturated carbocycles. The van der Waals surface area contributed by atoms with Crippen LogP contribution in [0.3, 0.4) is 0 Å². The molecule has 0 bridgehead atoms. The number of H-pyrrole nitrogens is 1. The molecule has 1 rings (SSSR count). The standard InChI is InChI=1S/C15H22N4O2/c1-9(17-4)8-18-14(20)6-5-12-10(2)13(7-16)15(21)19-11(12)3/h9,17H,5-6,8H2,1-4H3,(H,18,20)(H,19,21). The quantitative estimate of drug-likeness (QED) is 0.711. The van der Waals surface area contributed by atoms with E-state index < -0.39 is 0 Å². The zero-order valence-corrected chi connectivity index (χ0v) is 13.0. The zero-order valence-electron chi connectivity index (χ0n) is 13.0. The number of nitrogens with one attached hydrogen (secondary N) is 3. The lowest BCUT2D eigenvalue weighted by atomic mass is 9.99. The number of carbonyl (C=O) groups excluding carboxylic acids is 1. The number of nitriles is 1. The summed E-state index contributed by atoms with van der Waals surface area (Å²) >= 11 is 0. The van der Waals surface area contributed by atoms with E-state index in [4.69, 9.17) is 5.26 Å². The molecule has 1 aromatic heterocycles. The van der Waals surface area contributed by atoms with Crippen LogP contribution in [-0.4, -0.2) is 30.5 Å². The number of amides is 1. The van der Waals surface area contributed by atoms with Crippen LogP contribution in [0.15, 0.2) is 4.79 Å². The maximum Gasteiger partial charge on any atom is 0.266 e. The third-order valence-electron chi connectivity index (χ3n) is 3.62. The molecule has 0 saturated heterocycles. The minimum atomic E-state index is -0.372. The van der Waals surface area contributed by atoms with E-state index in [2.05, 4.69) is 15.6 Å². The van der Waals surface area contributed by atoms with Crippen molar-refractivity contribution >= 4 is 5.91 Å². The highest BCUT2D eigenvalue weighted by Crippen LogP contribution is 2.14. The van der Waals surface area contributed by atoms with Gasteiger partial charge in [-0.3, -0.25) is 9.59 Å². The smallest absolute Gasteiger partial charge is 0.266 e. The Morgan fingerprint density at radius 1 is 1.43 bits per heavy atom. The lowest BCUT2D eigenvalue weighted by molar-refractivity contribution is -0.121. The monoisotopic (exact) mass is 290 g/mol. The molecule has 6 heteroatoms. The van der Waals surface area contributed by atoms with Crippen LogP contribution in [0.5, 0.6) is 0 Å². The first kappa shape index (κ1) is 16.9. The van der Waals surface area contributed by atoms with Crippen molar-refractivity contribution < 1.29 is 4.79 Å². The maximum atomic E-state index is 11.8. The highest BCUT2D eigenvalue weighted by atomic mass is 16.1. The summed E-state index contributed by atoms with van der Waals surface area (Å²) < 4.78 is 0. The van der Waals surface area contributed by atoms with Gasteiger partial charge in [-0.15, -0.1) is 0 Å². The molecule has 0 aromatic carbocycles. The van der Waals surface area contributed by atoms with Gasteiger partial charge >= 0.3 is 0 Å². The molecule has 21 heavy (non-hydrogen) atoms. The highest BCUT2D eigenvalue weighted by Gasteiger charge is 2.13. The van der Waals surface area contributed by atoms with Crippen LogP contribution < -0.4 is 16.2 Å². The number of nitrogens with zero attached hydrogens (tertiary/aromatic N) is 1. The predicted octanol–water partition coefficient (Wildman–Crippen LogP) is 0.520. The molecule has 0 aliphatic carbocycles. The molecule has 1 aromatic rings. The first-order chi connectivity index (χ1) is 9.90. The predicted molar refractivity (Wildman–Crippen MR) is 81.1 cm³/mol. The van der Waals surface area contributed by atoms with E-state index in [9.17, 15) is 9.59 Å². The Bertz CT molecular complexity index is 613. The molecule has 6 nitrogen and oxygen atoms in total. The fraction of sp³-hybridized carbons (Fsp3) is 0.533. The summed E-state index contributed by atoms with van der Waals surface area (Å²) in [5, 5.41) is 14.9. The van der Waals surface area contributed by atoms with Gasteiger partial charge in [0.05, 0.1) is 0 Å². The van der Waals surface area contributed by atoms with E-state index in [0.717, 1.165) is 5.56 Å². The van der Waals surface area contributed by atoms with Crippen LogP contribution in [0.1, 0.15) is 35.7 Å². The molecule has 0 aliphatic heterocycles. The summed E-state index contributed by atoms with van der Waals surface area (Å²) in [6.07, 6.45) is 0.831. The maximum absolute atomic E-state index is 11.8. The Labute approximate surface area is 124 Å². The minimum absolute atomic E-state index is 0.0411. The molecule has 0 fully saturated rings. The Balaban J connectivity index is 2.75. The lowest BCUT2D eigenvalue weighted by Gasteiger charge is -2.13. The first-order valence-corrected chi connectivity index (χ1v) is 6.97. The summed E-state index contributed by atoms with van der Waals surface area (Å²) in [7, 11) is 1.84. The number of carbonyl (C=O) groups is 1. The second-order valence-corrected chi connectivity index (χ2v) is 5.16. The van der Waals surface area contributed by atoms with E-state index in [0.29, 0.717) is 30.6 Å². The van der Waals surface area contributed by atoms with Gasteiger partial charge in [-0.05, 0) is 45.4 Å². The highest BCUT2D eigenvalue weighted by molar-refractivity contribution is 5.76. The third kappa shape index (κ3) is 4.43. The van der Waals surface area contributed by atoms with E-state index in [1.165, 1.54) is 0 Å². The summed E-state index contributed by atoms with van der Waals surface area (Å²) in [4.78, 5) is 26.1. The van der Waals surface area contributed by atoms with Crippen LogP contribution in [0, 0.1) is 25.2 Å². The molecule has 1 unspecified atom stereocenters. The van der Waals surface area contributed by atoms with Gasteiger partial charge in [-0.25, -0.2) is 0 Å². The molecule has 0 aliphatic rings. The Hall–Kier alpha value is -2.13. The Morgan fingerprint density at radius 2 is 2.10 bits per heavy atom. The summed E-state index contributed by atoms with van der Waals surface area (Å²) in [6, 6.07) is 2.13. The fourth-order valence-corrected chi connectivity index (χ4v) is 2.12. The third-order valence-corrected chi connectivity index (χ3v) is 3.62. The van der Waals surface area contributed by atoms with Crippen molar-refractivity contribution in [2.75, 3.05) is 13.6 Å². The topological polar surface area (TPSA) is 97.8 Å². The number of aromatic nitrogens is 1. The summed E-state index contributed by atoms with van der Waals surface area (Å²) in [5.41, 5.74) is 1.99. The van der Waals surface area contributed by atoms with Crippen molar-refractivity contribution in [2.45, 2.75) is 39.7 Å². The van der Waals surface area contributed by atoms with E-state index in [-0.39, 0.29) is 23.1 Å². The number of likely N-dealkylation sites (N-methyl/N-ethyl adjacent to an activating group) is 1. The fourth-order valence-electron chi connectivity index (χ4n) is 2.12. The van der Waals surface area contributed by atoms with Crippen LogP contribution in [0.25, 0.3) is 0 Å². The number of pyridine rings is 1. The van der Waals surface area contributed by atoms with Crippen LogP contribution in [-0.2, 0) is 11.2 Å². The molecular weight excluding hydrogens is 268 g/mol. The summed E-state index contributed by atoms with van der Waals surface area (Å²) in [6.45, 7) is 6.08. The van der Waals surface area contributed by atoms with Crippen molar-refractivity contribution in [3.63, 3.8) is 0 Å². The molecule has 0 radical (unpaired) electrons. The van der Waals surface area contributed by atoms with Gasteiger partial charge in [0.1, 0.15) is 11.6 Å². The number of hydrogen-bond donors (Lipinski definition) is 3. The number of aromatic amines is 1. The van der Waals surface area contributed by atoms with Gasteiger partial charge in [0.15, 0.2) is 0 Å². The normalized spacial score (nSPS) is 11.8. The number of aryl methyl sites for hydroxylation is 1. The van der Waals surface area contributed by atoms with Crippen molar-refractivity contribution in [3.05, 3.63) is 32.7 Å². The van der Waals surface area contributed by atoms with E-state index >= 15 is 0 Å². The van der Waals surface area contributed by atoms with E-state index in [1.54, 1.807) is 13.8 Å². The average molecular weight is 290 g/mol. The molecule has 1 amide bonds. The molecular formula is C15H22N4O2. The second kappa shape index (κ2) is 7.60. The SMILES string of the molecule is CNC(C)CNC(=O)CCc1c(C)[nH]c(=O)c(C#N)c1C. The molecule has 3 N–H and O–H groups in total. The zero-order chi connectivity index (χ0) is 16.0. The van der Waals surface area contributed by atoms with Gasteiger partial charge < -0.3 is 15.6 Å². The van der Waals surface area contributed by atoms with Crippen molar-refractivity contribution in [3.8, 4) is 6.07 Å². The van der Waals surface area contributed by atoms with Crippen molar-refractivity contribution in [1.82, 2.24) is 15.6 Å². The largest absolute Gasteiger partial charge is 0.355 e. The average Bonchev–Trinajstić information content (AvgIpc) is 2.44. The Kier molecular flexibility index (Phi) is 6.12. The van der Waals surface area contributed by atoms with Crippen molar-refractivity contribution in [2.24, 2.45) is 0 Å². The molecule has 1 heterocycles. The number of hydrogen-bond acceptors (Lipinski definition) is 4. The van der Waals surface area contributed by atoms with Crippen LogP contribution in [0.2, 0.25) is 0 Å². The van der Waals surface area contributed by atoms with E-state index in [1.807, 2.05) is 20.0 Å². The van der Waals surface area contributed by atoms with Gasteiger partial charge in [0.25, 0.3) is 5.56 Å². The Morgan fingerprint density at radius 3 is 2.67 bits per heavy atom. The first-order valence-electron chi connectivity index (χ1n) is 6.97. The molecule has 114 valence electrons. The van der Waals surface area contributed by atoms with Gasteiger partial charge in [0.2, 0.25) is 5.91 Å². The number of rotatable bonds is 6. The van der Waals surface area contributed by atoms with Gasteiger partial charge in [-0.2, -0.15) is 5.26 Å². The van der Waals surface area contributed by atoms with Gasteiger partial charge in [0, 0.05) is 24.7 Å². The van der Waals surface area contributed by atoms with Crippen LogP contribution >= 0.6 is 0 Å². The molecule has 0 spiro atoms. The van der Waals surface area contributed by atoms with Crippen LogP contribution in [0.4, 0.5) is 0 Å².